The van der Waals surface area contributed by atoms with Crippen molar-refractivity contribution in [3.05, 3.63) is 28.8 Å². The Hall–Kier alpha value is -1.31. The third-order valence-electron chi connectivity index (χ3n) is 2.32. The highest BCUT2D eigenvalue weighted by atomic mass is 16.3. The fraction of sp³-hybridized carbons (Fsp3) is 0.364. The number of aryl methyl sites for hydroxylation is 1. The molecule has 0 aromatic heterocycles. The zero-order chi connectivity index (χ0) is 9.84. The van der Waals surface area contributed by atoms with Crippen molar-refractivity contribution in [2.24, 2.45) is 0 Å². The number of aldehydes is 1. The molecule has 0 bridgehead atoms. The molecule has 0 aliphatic heterocycles. The van der Waals surface area contributed by atoms with Crippen molar-refractivity contribution in [1.82, 2.24) is 0 Å². The topological polar surface area (TPSA) is 37.3 Å². The van der Waals surface area contributed by atoms with Gasteiger partial charge in [-0.1, -0.05) is 6.07 Å². The van der Waals surface area contributed by atoms with E-state index in [1.807, 2.05) is 19.9 Å². The SMILES string of the molecule is Cc1ccc(O)c(C)c1CCC=O. The highest BCUT2D eigenvalue weighted by molar-refractivity contribution is 5.52. The molecule has 0 unspecified atom stereocenters. The van der Waals surface area contributed by atoms with Crippen molar-refractivity contribution in [2.75, 3.05) is 0 Å². The summed E-state index contributed by atoms with van der Waals surface area (Å²) in [6.45, 7) is 3.87. The van der Waals surface area contributed by atoms with Gasteiger partial charge in [0.1, 0.15) is 12.0 Å². The minimum Gasteiger partial charge on any atom is -0.508 e. The van der Waals surface area contributed by atoms with E-state index in [0.29, 0.717) is 12.2 Å². The van der Waals surface area contributed by atoms with Crippen LogP contribution >= 0.6 is 0 Å². The van der Waals surface area contributed by atoms with Gasteiger partial charge in [0.15, 0.2) is 0 Å². The molecule has 1 rings (SSSR count). The van der Waals surface area contributed by atoms with Gasteiger partial charge in [0.2, 0.25) is 0 Å². The molecule has 1 aromatic rings. The van der Waals surface area contributed by atoms with Gasteiger partial charge in [0.05, 0.1) is 0 Å². The maximum absolute atomic E-state index is 10.2. The molecule has 0 saturated heterocycles. The maximum Gasteiger partial charge on any atom is 0.120 e. The first-order chi connectivity index (χ1) is 6.16. The quantitative estimate of drug-likeness (QED) is 0.720. The number of phenolic OH excluding ortho intramolecular Hbond substituents is 1. The number of rotatable bonds is 3. The van der Waals surface area contributed by atoms with Gasteiger partial charge in [-0.25, -0.2) is 0 Å². The van der Waals surface area contributed by atoms with Crippen LogP contribution in [-0.2, 0) is 11.2 Å². The summed E-state index contributed by atoms with van der Waals surface area (Å²) in [6.07, 6.45) is 2.14. The standard InChI is InChI=1S/C11H14O2/c1-8-5-6-11(13)9(2)10(8)4-3-7-12/h5-7,13H,3-4H2,1-2H3. The second-order valence-electron chi connectivity index (χ2n) is 3.21. The summed E-state index contributed by atoms with van der Waals surface area (Å²) in [5, 5.41) is 9.44. The first-order valence-electron chi connectivity index (χ1n) is 4.38. The average molecular weight is 178 g/mol. The van der Waals surface area contributed by atoms with Gasteiger partial charge in [-0.2, -0.15) is 0 Å². The van der Waals surface area contributed by atoms with Crippen LogP contribution < -0.4 is 0 Å². The molecule has 1 N–H and O–H groups in total. The fourth-order valence-corrected chi connectivity index (χ4v) is 1.47. The van der Waals surface area contributed by atoms with E-state index in [9.17, 15) is 9.90 Å². The van der Waals surface area contributed by atoms with E-state index in [1.165, 1.54) is 0 Å². The third-order valence-corrected chi connectivity index (χ3v) is 2.32. The van der Waals surface area contributed by atoms with Crippen LogP contribution in [0.15, 0.2) is 12.1 Å². The Bertz CT molecular complexity index is 316. The number of benzene rings is 1. The number of carbonyl (C=O) groups is 1. The highest BCUT2D eigenvalue weighted by Crippen LogP contribution is 2.23. The Kier molecular flexibility index (Phi) is 3.07. The van der Waals surface area contributed by atoms with E-state index in [2.05, 4.69) is 0 Å². The molecule has 0 radical (unpaired) electrons. The number of hydrogen-bond acceptors (Lipinski definition) is 2. The molecule has 2 heteroatoms. The summed E-state index contributed by atoms with van der Waals surface area (Å²) >= 11 is 0. The van der Waals surface area contributed by atoms with Gasteiger partial charge in [-0.3, -0.25) is 0 Å². The van der Waals surface area contributed by atoms with Crippen molar-refractivity contribution in [2.45, 2.75) is 26.7 Å². The lowest BCUT2D eigenvalue weighted by molar-refractivity contribution is -0.107. The Balaban J connectivity index is 3.02. The van der Waals surface area contributed by atoms with Crippen molar-refractivity contribution in [3.8, 4) is 5.75 Å². The summed E-state index contributed by atoms with van der Waals surface area (Å²) < 4.78 is 0. The van der Waals surface area contributed by atoms with Gasteiger partial charge in [-0.05, 0) is 43.0 Å². The van der Waals surface area contributed by atoms with Gasteiger partial charge in [-0.15, -0.1) is 0 Å². The molecular formula is C11H14O2. The molecule has 0 fully saturated rings. The normalized spacial score (nSPS) is 10.0. The molecule has 0 atom stereocenters. The largest absolute Gasteiger partial charge is 0.508 e. The molecule has 0 aliphatic rings. The molecule has 0 spiro atoms. The van der Waals surface area contributed by atoms with Crippen LogP contribution in [0.2, 0.25) is 0 Å². The van der Waals surface area contributed by atoms with Crippen LogP contribution in [0.4, 0.5) is 0 Å². The van der Waals surface area contributed by atoms with Crippen molar-refractivity contribution in [1.29, 1.82) is 0 Å². The predicted octanol–water partition coefficient (Wildman–Crippen LogP) is 2.14. The van der Waals surface area contributed by atoms with Gasteiger partial charge < -0.3 is 9.90 Å². The average Bonchev–Trinajstić information content (AvgIpc) is 2.12. The van der Waals surface area contributed by atoms with Crippen LogP contribution in [-0.4, -0.2) is 11.4 Å². The summed E-state index contributed by atoms with van der Waals surface area (Å²) in [7, 11) is 0. The second kappa shape index (κ2) is 4.08. The second-order valence-corrected chi connectivity index (χ2v) is 3.21. The van der Waals surface area contributed by atoms with Crippen molar-refractivity contribution >= 4 is 6.29 Å². The molecule has 13 heavy (non-hydrogen) atoms. The monoisotopic (exact) mass is 178 g/mol. The van der Waals surface area contributed by atoms with E-state index in [0.717, 1.165) is 29.4 Å². The first kappa shape index (κ1) is 9.78. The van der Waals surface area contributed by atoms with E-state index in [4.69, 9.17) is 0 Å². The van der Waals surface area contributed by atoms with Crippen molar-refractivity contribution in [3.63, 3.8) is 0 Å². The molecule has 0 aliphatic carbocycles. The van der Waals surface area contributed by atoms with E-state index in [-0.39, 0.29) is 0 Å². The Morgan fingerprint density at radius 2 is 2.08 bits per heavy atom. The highest BCUT2D eigenvalue weighted by Gasteiger charge is 2.05. The Labute approximate surface area is 78.2 Å². The zero-order valence-electron chi connectivity index (χ0n) is 8.00. The van der Waals surface area contributed by atoms with Gasteiger partial charge >= 0.3 is 0 Å². The van der Waals surface area contributed by atoms with Crippen LogP contribution in [0.5, 0.6) is 5.75 Å². The molecule has 0 heterocycles. The molecule has 0 saturated carbocycles. The molecule has 70 valence electrons. The van der Waals surface area contributed by atoms with Crippen LogP contribution in [0, 0.1) is 13.8 Å². The molecular weight excluding hydrogens is 164 g/mol. The van der Waals surface area contributed by atoms with Gasteiger partial charge in [0, 0.05) is 6.42 Å². The first-order valence-corrected chi connectivity index (χ1v) is 4.38. The minimum atomic E-state index is 0.312. The lowest BCUT2D eigenvalue weighted by Gasteiger charge is -2.09. The fourth-order valence-electron chi connectivity index (χ4n) is 1.47. The van der Waals surface area contributed by atoms with Crippen LogP contribution in [0.1, 0.15) is 23.1 Å². The lowest BCUT2D eigenvalue weighted by atomic mass is 9.98. The smallest absolute Gasteiger partial charge is 0.120 e. The number of carbonyl (C=O) groups excluding carboxylic acids is 1. The van der Waals surface area contributed by atoms with E-state index >= 15 is 0 Å². The Morgan fingerprint density at radius 1 is 1.38 bits per heavy atom. The number of phenols is 1. The van der Waals surface area contributed by atoms with Gasteiger partial charge in [0.25, 0.3) is 0 Å². The summed E-state index contributed by atoms with van der Waals surface area (Å²) in [6, 6.07) is 3.57. The molecule has 2 nitrogen and oxygen atoms in total. The summed E-state index contributed by atoms with van der Waals surface area (Å²) in [5.41, 5.74) is 3.12. The third kappa shape index (κ3) is 2.08. The summed E-state index contributed by atoms with van der Waals surface area (Å²) in [4.78, 5) is 10.2. The molecule has 0 amide bonds. The number of aromatic hydroxyl groups is 1. The van der Waals surface area contributed by atoms with Crippen LogP contribution in [0.3, 0.4) is 0 Å². The summed E-state index contributed by atoms with van der Waals surface area (Å²) in [5.74, 6) is 0.312. The molecule has 1 aromatic carbocycles. The number of hydrogen-bond donors (Lipinski definition) is 1. The predicted molar refractivity (Wildman–Crippen MR) is 52.0 cm³/mol. The van der Waals surface area contributed by atoms with Crippen LogP contribution in [0.25, 0.3) is 0 Å². The van der Waals surface area contributed by atoms with E-state index in [1.54, 1.807) is 6.07 Å². The zero-order valence-corrected chi connectivity index (χ0v) is 8.00. The minimum absolute atomic E-state index is 0.312. The Morgan fingerprint density at radius 3 is 2.69 bits per heavy atom. The maximum atomic E-state index is 10.2. The lowest BCUT2D eigenvalue weighted by Crippen LogP contribution is -1.94. The van der Waals surface area contributed by atoms with E-state index < -0.39 is 0 Å². The van der Waals surface area contributed by atoms with Crippen molar-refractivity contribution < 1.29 is 9.90 Å².